The maximum atomic E-state index is 4.84. The minimum Gasteiger partial charge on any atom is -0.314 e. The minimum absolute atomic E-state index is 0.842. The fraction of sp³-hybridized carbons (Fsp3) is 0.0500. The molecule has 0 amide bonds. The quantitative estimate of drug-likeness (QED) is 0.466. The van der Waals surface area contributed by atoms with Crippen molar-refractivity contribution in [2.75, 3.05) is 0 Å². The van der Waals surface area contributed by atoms with Crippen molar-refractivity contribution in [2.45, 2.75) is 10.8 Å². The molecular weight excluding hydrogens is 300 g/mol. The van der Waals surface area contributed by atoms with Crippen molar-refractivity contribution in [1.82, 2.24) is 9.55 Å². The molecule has 23 heavy (non-hydrogen) atoms. The lowest BCUT2D eigenvalue weighted by molar-refractivity contribution is 0.933. The van der Waals surface area contributed by atoms with Crippen LogP contribution in [0.2, 0.25) is 0 Å². The summed E-state index contributed by atoms with van der Waals surface area (Å²) in [4.78, 5) is 6.11. The first kappa shape index (κ1) is 14.1. The lowest BCUT2D eigenvalue weighted by Crippen LogP contribution is -1.97. The van der Waals surface area contributed by atoms with Crippen molar-refractivity contribution in [3.8, 4) is 11.4 Å². The van der Waals surface area contributed by atoms with Crippen molar-refractivity contribution in [2.24, 2.45) is 0 Å². The molecule has 0 saturated carbocycles. The molecule has 3 aromatic carbocycles. The molecule has 0 bridgehead atoms. The van der Waals surface area contributed by atoms with Crippen LogP contribution in [-0.2, 0) is 5.88 Å². The molecule has 1 heterocycles. The smallest absolute Gasteiger partial charge is 0.141 e. The number of hydrogen-bond donors (Lipinski definition) is 0. The van der Waals surface area contributed by atoms with Gasteiger partial charge >= 0.3 is 0 Å². The van der Waals surface area contributed by atoms with Crippen LogP contribution < -0.4 is 0 Å². The Morgan fingerprint density at radius 2 is 1.39 bits per heavy atom. The van der Waals surface area contributed by atoms with E-state index in [2.05, 4.69) is 71.3 Å². The molecular formula is C20H16N2S. The van der Waals surface area contributed by atoms with E-state index < -0.39 is 0 Å². The number of thioether (sulfide) groups is 1. The van der Waals surface area contributed by atoms with E-state index >= 15 is 0 Å². The Hall–Kier alpha value is -2.52. The predicted molar refractivity (Wildman–Crippen MR) is 97.5 cm³/mol. The molecule has 0 fully saturated rings. The van der Waals surface area contributed by atoms with Crippen LogP contribution in [0.4, 0.5) is 0 Å². The van der Waals surface area contributed by atoms with Gasteiger partial charge < -0.3 is 4.57 Å². The molecule has 0 spiro atoms. The van der Waals surface area contributed by atoms with E-state index in [1.165, 1.54) is 10.4 Å². The maximum Gasteiger partial charge on any atom is 0.141 e. The molecule has 0 aliphatic carbocycles. The SMILES string of the molecule is c1ccc(SCn2c(-c3ccccc3)nc3ccccc32)cc1. The number of nitrogens with zero attached hydrogens (tertiary/aromatic N) is 2. The molecule has 0 saturated heterocycles. The lowest BCUT2D eigenvalue weighted by Gasteiger charge is -2.09. The normalized spacial score (nSPS) is 11.0. The van der Waals surface area contributed by atoms with Crippen LogP contribution in [0.5, 0.6) is 0 Å². The Morgan fingerprint density at radius 3 is 2.17 bits per heavy atom. The second-order valence-electron chi connectivity index (χ2n) is 5.30. The monoisotopic (exact) mass is 316 g/mol. The average molecular weight is 316 g/mol. The van der Waals surface area contributed by atoms with Crippen molar-refractivity contribution < 1.29 is 0 Å². The average Bonchev–Trinajstić information content (AvgIpc) is 3.00. The molecule has 4 aromatic rings. The molecule has 0 atom stereocenters. The van der Waals surface area contributed by atoms with Gasteiger partial charge in [-0.2, -0.15) is 0 Å². The van der Waals surface area contributed by atoms with Crippen LogP contribution in [0.3, 0.4) is 0 Å². The van der Waals surface area contributed by atoms with Crippen LogP contribution in [0.15, 0.2) is 89.8 Å². The highest BCUT2D eigenvalue weighted by atomic mass is 32.2. The van der Waals surface area contributed by atoms with Gasteiger partial charge in [0.25, 0.3) is 0 Å². The van der Waals surface area contributed by atoms with E-state index in [1.807, 2.05) is 30.0 Å². The minimum atomic E-state index is 0.842. The van der Waals surface area contributed by atoms with E-state index in [1.54, 1.807) is 0 Å². The first-order valence-corrected chi connectivity index (χ1v) is 8.59. The summed E-state index contributed by atoms with van der Waals surface area (Å²) >= 11 is 1.82. The van der Waals surface area contributed by atoms with Crippen molar-refractivity contribution >= 4 is 22.8 Å². The summed E-state index contributed by atoms with van der Waals surface area (Å²) in [5.41, 5.74) is 3.37. The van der Waals surface area contributed by atoms with Gasteiger partial charge in [0.15, 0.2) is 0 Å². The number of fused-ring (bicyclic) bond motifs is 1. The fourth-order valence-corrected chi connectivity index (χ4v) is 3.56. The van der Waals surface area contributed by atoms with Gasteiger partial charge in [-0.25, -0.2) is 4.98 Å². The number of rotatable bonds is 4. The summed E-state index contributed by atoms with van der Waals surface area (Å²) in [6.07, 6.45) is 0. The Kier molecular flexibility index (Phi) is 3.86. The highest BCUT2D eigenvalue weighted by molar-refractivity contribution is 7.98. The molecule has 0 aliphatic rings. The van der Waals surface area contributed by atoms with Gasteiger partial charge in [-0.3, -0.25) is 0 Å². The van der Waals surface area contributed by atoms with Gasteiger partial charge in [-0.05, 0) is 24.3 Å². The number of benzene rings is 3. The van der Waals surface area contributed by atoms with E-state index in [-0.39, 0.29) is 0 Å². The first-order chi connectivity index (χ1) is 11.4. The Balaban J connectivity index is 1.77. The highest BCUT2D eigenvalue weighted by Crippen LogP contribution is 2.28. The Labute approximate surface area is 139 Å². The maximum absolute atomic E-state index is 4.84. The topological polar surface area (TPSA) is 17.8 Å². The van der Waals surface area contributed by atoms with Gasteiger partial charge in [-0.1, -0.05) is 60.7 Å². The summed E-state index contributed by atoms with van der Waals surface area (Å²) in [5, 5.41) is 0. The molecule has 0 N–H and O–H groups in total. The number of para-hydroxylation sites is 2. The third kappa shape index (κ3) is 2.88. The zero-order valence-corrected chi connectivity index (χ0v) is 13.4. The third-order valence-electron chi connectivity index (χ3n) is 3.79. The van der Waals surface area contributed by atoms with E-state index in [0.717, 1.165) is 22.8 Å². The standard InChI is InChI=1S/C20H16N2S/c1-3-9-16(10-4-1)20-21-18-13-7-8-14-19(18)22(20)15-23-17-11-5-2-6-12-17/h1-14H,15H2. The zero-order chi connectivity index (χ0) is 15.5. The molecule has 112 valence electrons. The summed E-state index contributed by atoms with van der Waals surface area (Å²) in [7, 11) is 0. The van der Waals surface area contributed by atoms with Crippen LogP contribution >= 0.6 is 11.8 Å². The largest absolute Gasteiger partial charge is 0.314 e. The van der Waals surface area contributed by atoms with E-state index in [9.17, 15) is 0 Å². The van der Waals surface area contributed by atoms with E-state index in [4.69, 9.17) is 4.98 Å². The van der Waals surface area contributed by atoms with Crippen LogP contribution in [0.25, 0.3) is 22.4 Å². The highest BCUT2D eigenvalue weighted by Gasteiger charge is 2.12. The van der Waals surface area contributed by atoms with Crippen molar-refractivity contribution in [1.29, 1.82) is 0 Å². The number of imidazole rings is 1. The molecule has 0 aliphatic heterocycles. The Morgan fingerprint density at radius 1 is 0.739 bits per heavy atom. The van der Waals surface area contributed by atoms with Crippen LogP contribution in [0.1, 0.15) is 0 Å². The molecule has 4 rings (SSSR count). The second-order valence-corrected chi connectivity index (χ2v) is 6.32. The predicted octanol–water partition coefficient (Wildman–Crippen LogP) is 5.45. The summed E-state index contributed by atoms with van der Waals surface area (Å²) in [5.74, 6) is 1.87. The molecule has 1 aromatic heterocycles. The van der Waals surface area contributed by atoms with Gasteiger partial charge in [0.1, 0.15) is 5.82 Å². The third-order valence-corrected chi connectivity index (χ3v) is 4.78. The zero-order valence-electron chi connectivity index (χ0n) is 12.6. The number of aromatic nitrogens is 2. The van der Waals surface area contributed by atoms with Crippen molar-refractivity contribution in [3.63, 3.8) is 0 Å². The second kappa shape index (κ2) is 6.31. The van der Waals surface area contributed by atoms with E-state index in [0.29, 0.717) is 0 Å². The molecule has 0 radical (unpaired) electrons. The van der Waals surface area contributed by atoms with Crippen LogP contribution in [-0.4, -0.2) is 9.55 Å². The summed E-state index contributed by atoms with van der Waals surface area (Å²) < 4.78 is 2.29. The van der Waals surface area contributed by atoms with Crippen LogP contribution in [0, 0.1) is 0 Å². The molecule has 2 nitrogen and oxygen atoms in total. The van der Waals surface area contributed by atoms with Gasteiger partial charge in [-0.15, -0.1) is 11.8 Å². The fourth-order valence-electron chi connectivity index (χ4n) is 2.67. The number of hydrogen-bond acceptors (Lipinski definition) is 2. The summed E-state index contributed by atoms with van der Waals surface area (Å²) in [6, 6.07) is 29.2. The lowest BCUT2D eigenvalue weighted by atomic mass is 10.2. The van der Waals surface area contributed by atoms with Gasteiger partial charge in [0.2, 0.25) is 0 Å². The van der Waals surface area contributed by atoms with Gasteiger partial charge in [0.05, 0.1) is 16.9 Å². The first-order valence-electron chi connectivity index (χ1n) is 7.60. The van der Waals surface area contributed by atoms with Crippen molar-refractivity contribution in [3.05, 3.63) is 84.9 Å². The molecule has 0 unspecified atom stereocenters. The molecule has 3 heteroatoms. The van der Waals surface area contributed by atoms with Gasteiger partial charge in [0, 0.05) is 10.5 Å². The Bertz CT molecular complexity index is 914. The summed E-state index contributed by atoms with van der Waals surface area (Å²) in [6.45, 7) is 0.